The van der Waals surface area contributed by atoms with E-state index in [1.807, 2.05) is 0 Å². The van der Waals surface area contributed by atoms with Gasteiger partial charge in [0.25, 0.3) is 0 Å². The van der Waals surface area contributed by atoms with Crippen molar-refractivity contribution in [3.63, 3.8) is 0 Å². The molecule has 1 saturated heterocycles. The summed E-state index contributed by atoms with van der Waals surface area (Å²) in [5.74, 6) is 0.337. The number of hydrogen-bond donors (Lipinski definition) is 2. The molecule has 3 atom stereocenters. The summed E-state index contributed by atoms with van der Waals surface area (Å²) < 4.78 is 12.8. The van der Waals surface area contributed by atoms with Gasteiger partial charge in [-0.15, -0.1) is 0 Å². The molecular formula is C11H15N5O3. The lowest BCUT2D eigenvalue weighted by molar-refractivity contribution is -0.0512. The highest BCUT2D eigenvalue weighted by atomic mass is 16.6. The maximum Gasteiger partial charge on any atom is 0.167 e. The molecular weight excluding hydrogens is 250 g/mol. The minimum atomic E-state index is -0.341. The summed E-state index contributed by atoms with van der Waals surface area (Å²) in [4.78, 5) is 12.3. The number of aromatic nitrogens is 4. The number of methoxy groups -OCH3 is 1. The number of rotatable bonds is 3. The maximum absolute atomic E-state index is 9.26. The molecule has 3 heterocycles. The Labute approximate surface area is 109 Å². The fraction of sp³-hybridized carbons (Fsp3) is 0.545. The molecule has 3 rings (SSSR count). The number of anilines is 1. The van der Waals surface area contributed by atoms with Crippen LogP contribution in [0.3, 0.4) is 0 Å². The Morgan fingerprint density at radius 3 is 3.05 bits per heavy atom. The summed E-state index contributed by atoms with van der Waals surface area (Å²) in [5.41, 5.74) is 6.91. The summed E-state index contributed by atoms with van der Waals surface area (Å²) >= 11 is 0. The van der Waals surface area contributed by atoms with Crippen LogP contribution in [0, 0.1) is 0 Å². The monoisotopic (exact) mass is 265 g/mol. The van der Waals surface area contributed by atoms with Crippen LogP contribution in [0.25, 0.3) is 11.2 Å². The van der Waals surface area contributed by atoms with Crippen molar-refractivity contribution in [1.82, 2.24) is 19.5 Å². The quantitative estimate of drug-likeness (QED) is 0.784. The minimum Gasteiger partial charge on any atom is -0.394 e. The zero-order valence-electron chi connectivity index (χ0n) is 10.4. The number of fused-ring (bicyclic) bond motifs is 1. The standard InChI is InChI=1S/C11H15N5O3/c1-18-6-2-8(19-7(6)3-17)16-5-15-9-10(12)13-4-14-11(9)16/h4-8,17H,2-3H2,1H3,(H2,12,13,14). The van der Waals surface area contributed by atoms with E-state index in [4.69, 9.17) is 15.2 Å². The van der Waals surface area contributed by atoms with Crippen molar-refractivity contribution in [2.45, 2.75) is 24.9 Å². The Bertz CT molecular complexity index is 575. The summed E-state index contributed by atoms with van der Waals surface area (Å²) in [5, 5.41) is 9.26. The number of imidazole rings is 1. The molecule has 8 nitrogen and oxygen atoms in total. The molecule has 102 valence electrons. The number of aliphatic hydroxyl groups is 1. The molecule has 0 radical (unpaired) electrons. The summed E-state index contributed by atoms with van der Waals surface area (Å²) in [6.45, 7) is -0.0846. The van der Waals surface area contributed by atoms with E-state index in [1.165, 1.54) is 6.33 Å². The van der Waals surface area contributed by atoms with E-state index >= 15 is 0 Å². The molecule has 1 aliphatic rings. The van der Waals surface area contributed by atoms with Crippen LogP contribution in [-0.2, 0) is 9.47 Å². The van der Waals surface area contributed by atoms with Crippen molar-refractivity contribution in [3.8, 4) is 0 Å². The molecule has 0 aliphatic carbocycles. The van der Waals surface area contributed by atoms with E-state index in [0.29, 0.717) is 23.4 Å². The smallest absolute Gasteiger partial charge is 0.167 e. The second-order valence-electron chi connectivity index (χ2n) is 4.40. The van der Waals surface area contributed by atoms with E-state index in [9.17, 15) is 5.11 Å². The van der Waals surface area contributed by atoms with E-state index < -0.39 is 0 Å². The molecule has 0 amide bonds. The molecule has 0 saturated carbocycles. The third-order valence-electron chi connectivity index (χ3n) is 3.36. The third-order valence-corrected chi connectivity index (χ3v) is 3.36. The predicted octanol–water partition coefficient (Wildman–Crippen LogP) is -0.297. The number of nitrogen functional groups attached to an aromatic ring is 1. The molecule has 2 aromatic heterocycles. The zero-order chi connectivity index (χ0) is 13.4. The van der Waals surface area contributed by atoms with Gasteiger partial charge >= 0.3 is 0 Å². The number of aliphatic hydroxyl groups excluding tert-OH is 1. The highest BCUT2D eigenvalue weighted by Crippen LogP contribution is 2.32. The lowest BCUT2D eigenvalue weighted by Crippen LogP contribution is -2.26. The van der Waals surface area contributed by atoms with Gasteiger partial charge in [0, 0.05) is 13.5 Å². The fourth-order valence-electron chi connectivity index (χ4n) is 2.36. The first kappa shape index (κ1) is 12.3. The Kier molecular flexibility index (Phi) is 3.05. The van der Waals surface area contributed by atoms with Crippen LogP contribution in [0.5, 0.6) is 0 Å². The number of ether oxygens (including phenoxy) is 2. The number of nitrogens with two attached hydrogens (primary N) is 1. The van der Waals surface area contributed by atoms with Crippen molar-refractivity contribution >= 4 is 17.0 Å². The van der Waals surface area contributed by atoms with Gasteiger partial charge in [0.1, 0.15) is 24.2 Å². The summed E-state index contributed by atoms with van der Waals surface area (Å²) in [6.07, 6.45) is 2.87. The first-order chi connectivity index (χ1) is 9.24. The largest absolute Gasteiger partial charge is 0.394 e. The molecule has 19 heavy (non-hydrogen) atoms. The third kappa shape index (κ3) is 1.93. The summed E-state index contributed by atoms with van der Waals surface area (Å²) in [6, 6.07) is 0. The lowest BCUT2D eigenvalue weighted by Gasteiger charge is -2.14. The minimum absolute atomic E-state index is 0.0846. The SMILES string of the molecule is COC1CC(n2cnc3c(N)ncnc32)OC1CO. The highest BCUT2D eigenvalue weighted by molar-refractivity contribution is 5.81. The van der Waals surface area contributed by atoms with Crippen LogP contribution in [0.1, 0.15) is 12.6 Å². The van der Waals surface area contributed by atoms with Gasteiger partial charge in [-0.3, -0.25) is 4.57 Å². The van der Waals surface area contributed by atoms with E-state index in [1.54, 1.807) is 18.0 Å². The molecule has 3 N–H and O–H groups in total. The second-order valence-corrected chi connectivity index (χ2v) is 4.40. The number of nitrogens with zero attached hydrogens (tertiary/aromatic N) is 4. The molecule has 0 bridgehead atoms. The van der Waals surface area contributed by atoms with Gasteiger partial charge in [-0.05, 0) is 0 Å². The Balaban J connectivity index is 1.95. The molecule has 3 unspecified atom stereocenters. The highest BCUT2D eigenvalue weighted by Gasteiger charge is 2.36. The average Bonchev–Trinajstić information content (AvgIpc) is 3.02. The molecule has 1 aliphatic heterocycles. The van der Waals surface area contributed by atoms with Gasteiger partial charge in [-0.2, -0.15) is 0 Å². The van der Waals surface area contributed by atoms with Crippen LogP contribution >= 0.6 is 0 Å². The van der Waals surface area contributed by atoms with Gasteiger partial charge in [-0.25, -0.2) is 15.0 Å². The number of hydrogen-bond acceptors (Lipinski definition) is 7. The van der Waals surface area contributed by atoms with E-state index in [0.717, 1.165) is 0 Å². The van der Waals surface area contributed by atoms with Crippen molar-refractivity contribution in [2.75, 3.05) is 19.5 Å². The Morgan fingerprint density at radius 2 is 2.37 bits per heavy atom. The molecule has 0 aromatic carbocycles. The van der Waals surface area contributed by atoms with Crippen LogP contribution in [0.15, 0.2) is 12.7 Å². The normalized spacial score (nSPS) is 27.2. The van der Waals surface area contributed by atoms with E-state index in [-0.39, 0.29) is 25.0 Å². The zero-order valence-corrected chi connectivity index (χ0v) is 10.4. The second kappa shape index (κ2) is 4.72. The van der Waals surface area contributed by atoms with Gasteiger partial charge in [0.05, 0.1) is 19.0 Å². The van der Waals surface area contributed by atoms with E-state index in [2.05, 4.69) is 15.0 Å². The van der Waals surface area contributed by atoms with Gasteiger partial charge < -0.3 is 20.3 Å². The Hall–Kier alpha value is -1.77. The van der Waals surface area contributed by atoms with Crippen LogP contribution < -0.4 is 5.73 Å². The van der Waals surface area contributed by atoms with Gasteiger partial charge in [0.2, 0.25) is 0 Å². The molecule has 8 heteroatoms. The van der Waals surface area contributed by atoms with Gasteiger partial charge in [-0.1, -0.05) is 0 Å². The topological polar surface area (TPSA) is 108 Å². The fourth-order valence-corrected chi connectivity index (χ4v) is 2.36. The lowest BCUT2D eigenvalue weighted by atomic mass is 10.2. The first-order valence-electron chi connectivity index (χ1n) is 5.96. The van der Waals surface area contributed by atoms with Crippen LogP contribution in [-0.4, -0.2) is 50.6 Å². The van der Waals surface area contributed by atoms with Crippen molar-refractivity contribution in [3.05, 3.63) is 12.7 Å². The predicted molar refractivity (Wildman–Crippen MR) is 66.1 cm³/mol. The summed E-state index contributed by atoms with van der Waals surface area (Å²) in [7, 11) is 1.60. The molecule has 2 aromatic rings. The first-order valence-corrected chi connectivity index (χ1v) is 5.96. The maximum atomic E-state index is 9.26. The molecule has 1 fully saturated rings. The van der Waals surface area contributed by atoms with Gasteiger partial charge in [0.15, 0.2) is 11.5 Å². The molecule has 0 spiro atoms. The van der Waals surface area contributed by atoms with Crippen molar-refractivity contribution < 1.29 is 14.6 Å². The van der Waals surface area contributed by atoms with Crippen molar-refractivity contribution in [2.24, 2.45) is 0 Å². The van der Waals surface area contributed by atoms with Crippen molar-refractivity contribution in [1.29, 1.82) is 0 Å². The average molecular weight is 265 g/mol. The Morgan fingerprint density at radius 1 is 1.53 bits per heavy atom. The van der Waals surface area contributed by atoms with Crippen LogP contribution in [0.2, 0.25) is 0 Å². The van der Waals surface area contributed by atoms with Crippen LogP contribution in [0.4, 0.5) is 5.82 Å².